The van der Waals surface area contributed by atoms with Crippen molar-refractivity contribution in [1.82, 2.24) is 14.6 Å². The number of amides is 2. The highest BCUT2D eigenvalue weighted by molar-refractivity contribution is 7.90. The number of sulfonamides is 1. The van der Waals surface area contributed by atoms with Crippen molar-refractivity contribution in [1.29, 1.82) is 0 Å². The Morgan fingerprint density at radius 2 is 1.92 bits per heavy atom. The summed E-state index contributed by atoms with van der Waals surface area (Å²) < 4.78 is 39.7. The maximum Gasteiger partial charge on any atom is 0.306 e. The monoisotopic (exact) mass is 719 g/mol. The third-order valence-electron chi connectivity index (χ3n) is 10.8. The van der Waals surface area contributed by atoms with Crippen LogP contribution in [0.5, 0.6) is 5.88 Å². The predicted molar refractivity (Wildman–Crippen MR) is 193 cm³/mol. The molecule has 1 N–H and O–H groups in total. The second-order valence-corrected chi connectivity index (χ2v) is 17.7. The molecule has 4 bridgehead atoms. The van der Waals surface area contributed by atoms with Crippen molar-refractivity contribution in [3.05, 3.63) is 54.8 Å². The zero-order valence-corrected chi connectivity index (χ0v) is 30.6. The van der Waals surface area contributed by atoms with Crippen molar-refractivity contribution >= 4 is 50.4 Å². The van der Waals surface area contributed by atoms with Crippen LogP contribution in [0.4, 0.5) is 0 Å². The number of hydrogen-bond donors (Lipinski definition) is 1. The summed E-state index contributed by atoms with van der Waals surface area (Å²) in [6.07, 6.45) is 11.2. The summed E-state index contributed by atoms with van der Waals surface area (Å²) in [7, 11) is -3.84. The number of benzene rings is 1. The molecular formula is C39H49N3O8S. The van der Waals surface area contributed by atoms with Crippen LogP contribution in [0.15, 0.2) is 49.2 Å². The zero-order valence-electron chi connectivity index (χ0n) is 29.8. The van der Waals surface area contributed by atoms with Crippen LogP contribution in [0.3, 0.4) is 0 Å². The van der Waals surface area contributed by atoms with Gasteiger partial charge in [0.05, 0.1) is 42.2 Å². The molecule has 0 spiro atoms. The Labute approximate surface area is 300 Å². The quantitative estimate of drug-likeness (QED) is 0.288. The van der Waals surface area contributed by atoms with Crippen molar-refractivity contribution in [2.24, 2.45) is 22.7 Å². The fourth-order valence-corrected chi connectivity index (χ4v) is 8.78. The SMILES string of the molecule is C=C[C@H]1C[C@]1(CC(=O)[C@@H]1C[C@@H]2CN1C(=O)[C@H](C(C)(C)C)CC(=O)OCCCCC/C=C/c1ccc3ccnc(c3c1)O2)C(=O)NS(=O)(=O)C1CC1. The Bertz CT molecular complexity index is 1850. The number of Topliss-reactive ketones (excluding diaryl/α,β-unsaturated/α-hetero) is 1. The number of nitrogens with one attached hydrogen (secondary N) is 1. The van der Waals surface area contributed by atoms with Gasteiger partial charge in [-0.2, -0.15) is 0 Å². The molecule has 3 fully saturated rings. The second-order valence-electron chi connectivity index (χ2n) is 15.7. The van der Waals surface area contributed by atoms with Gasteiger partial charge in [-0.3, -0.25) is 23.9 Å². The van der Waals surface area contributed by atoms with E-state index in [0.29, 0.717) is 25.1 Å². The van der Waals surface area contributed by atoms with Crippen LogP contribution < -0.4 is 9.46 Å². The first kappa shape index (κ1) is 36.7. The van der Waals surface area contributed by atoms with Gasteiger partial charge in [0.25, 0.3) is 0 Å². The lowest BCUT2D eigenvalue weighted by atomic mass is 9.77. The van der Waals surface area contributed by atoms with Gasteiger partial charge in [-0.1, -0.05) is 51.1 Å². The number of hydrogen-bond acceptors (Lipinski definition) is 9. The molecule has 2 amide bonds. The number of fused-ring (bicyclic) bond motifs is 3. The number of ketones is 1. The van der Waals surface area contributed by atoms with Crippen LogP contribution in [-0.2, 0) is 33.9 Å². The molecular weight excluding hydrogens is 671 g/mol. The third-order valence-corrected chi connectivity index (χ3v) is 12.6. The van der Waals surface area contributed by atoms with Gasteiger partial charge in [0, 0.05) is 24.4 Å². The number of pyridine rings is 1. The number of rotatable bonds is 7. The van der Waals surface area contributed by atoms with E-state index in [1.807, 2.05) is 45.0 Å². The summed E-state index contributed by atoms with van der Waals surface area (Å²) in [5, 5.41) is 1.14. The van der Waals surface area contributed by atoms with Gasteiger partial charge in [0.1, 0.15) is 6.10 Å². The number of carbonyl (C=O) groups is 4. The van der Waals surface area contributed by atoms with Crippen molar-refractivity contribution in [3.8, 4) is 5.88 Å². The van der Waals surface area contributed by atoms with Gasteiger partial charge >= 0.3 is 5.97 Å². The predicted octanol–water partition coefficient (Wildman–Crippen LogP) is 5.53. The molecule has 51 heavy (non-hydrogen) atoms. The molecule has 2 aromatic rings. The molecule has 2 aliphatic heterocycles. The van der Waals surface area contributed by atoms with Crippen LogP contribution in [0.1, 0.15) is 90.5 Å². The first-order chi connectivity index (χ1) is 24.2. The van der Waals surface area contributed by atoms with E-state index >= 15 is 0 Å². The molecule has 0 radical (unpaired) electrons. The Balaban J connectivity index is 1.32. The minimum atomic E-state index is -3.84. The lowest BCUT2D eigenvalue weighted by Gasteiger charge is -2.34. The summed E-state index contributed by atoms with van der Waals surface area (Å²) in [5.74, 6) is -2.72. The van der Waals surface area contributed by atoms with Crippen molar-refractivity contribution in [2.75, 3.05) is 13.2 Å². The highest BCUT2D eigenvalue weighted by Crippen LogP contribution is 2.57. The number of ether oxygens (including phenoxy) is 2. The highest BCUT2D eigenvalue weighted by atomic mass is 32.2. The molecule has 2 aliphatic carbocycles. The van der Waals surface area contributed by atoms with Crippen molar-refractivity contribution < 1.29 is 37.1 Å². The molecule has 12 heteroatoms. The van der Waals surface area contributed by atoms with E-state index in [1.54, 1.807) is 12.3 Å². The van der Waals surface area contributed by atoms with E-state index in [9.17, 15) is 27.6 Å². The first-order valence-corrected chi connectivity index (χ1v) is 19.7. The largest absolute Gasteiger partial charge is 0.472 e. The summed E-state index contributed by atoms with van der Waals surface area (Å²) in [6.45, 7) is 9.79. The molecule has 5 atom stereocenters. The number of aromatic nitrogens is 1. The topological polar surface area (TPSA) is 149 Å². The Morgan fingerprint density at radius 3 is 2.63 bits per heavy atom. The summed E-state index contributed by atoms with van der Waals surface area (Å²) in [4.78, 5) is 61.5. The van der Waals surface area contributed by atoms with Gasteiger partial charge < -0.3 is 14.4 Å². The van der Waals surface area contributed by atoms with Gasteiger partial charge in [0.15, 0.2) is 5.78 Å². The molecule has 3 heterocycles. The molecule has 0 unspecified atom stereocenters. The molecule has 11 nitrogen and oxygen atoms in total. The van der Waals surface area contributed by atoms with Crippen LogP contribution >= 0.6 is 0 Å². The number of esters is 1. The van der Waals surface area contributed by atoms with E-state index < -0.39 is 56.0 Å². The zero-order chi connectivity index (χ0) is 36.6. The number of carbonyl (C=O) groups excluding carboxylic acids is 4. The molecule has 2 saturated carbocycles. The lowest BCUT2D eigenvalue weighted by molar-refractivity contribution is -0.153. The minimum Gasteiger partial charge on any atom is -0.472 e. The molecule has 4 aliphatic rings. The van der Waals surface area contributed by atoms with E-state index in [4.69, 9.17) is 9.47 Å². The minimum absolute atomic E-state index is 0.0642. The van der Waals surface area contributed by atoms with Crippen molar-refractivity contribution in [2.45, 2.75) is 102 Å². The Kier molecular flexibility index (Phi) is 10.5. The average Bonchev–Trinajstić information content (AvgIpc) is 4.00. The van der Waals surface area contributed by atoms with Crippen LogP contribution in [0.2, 0.25) is 0 Å². The first-order valence-electron chi connectivity index (χ1n) is 18.1. The van der Waals surface area contributed by atoms with Crippen LogP contribution in [0, 0.1) is 22.7 Å². The Morgan fingerprint density at radius 1 is 1.14 bits per heavy atom. The van der Waals surface area contributed by atoms with Crippen LogP contribution in [0.25, 0.3) is 16.8 Å². The standard InChI is InChI=1S/C39H49N3O8S/c1-5-27-22-39(27,37(46)41-51(47,48)29-14-15-29)23-33(43)32-20-28-24-42(32)36(45)31(38(2,3)4)21-34(44)49-18-10-8-6-7-9-11-25-12-13-26-16-17-40-35(50-28)30(26)19-25/h5,9,11-13,16-17,19,27-29,31-32H,1,6-8,10,14-15,18,20-24H2,2-4H3,(H,41,46)/b11-9+/t27-,28+,31+,32-,39+/m0/s1. The van der Waals surface area contributed by atoms with Crippen molar-refractivity contribution in [3.63, 3.8) is 0 Å². The normalized spacial score (nSPS) is 28.4. The number of allylic oxidation sites excluding steroid dienone is 2. The maximum atomic E-state index is 14.5. The summed E-state index contributed by atoms with van der Waals surface area (Å²) in [5.41, 5.74) is -0.934. The van der Waals surface area contributed by atoms with Gasteiger partial charge in [-0.25, -0.2) is 13.4 Å². The fourth-order valence-electron chi connectivity index (χ4n) is 7.39. The molecule has 1 aromatic heterocycles. The highest BCUT2D eigenvalue weighted by Gasteiger charge is 2.61. The molecule has 274 valence electrons. The molecule has 1 saturated heterocycles. The number of cyclic esters (lactones) is 1. The van der Waals surface area contributed by atoms with Gasteiger partial charge in [-0.05, 0) is 79.4 Å². The maximum absolute atomic E-state index is 14.5. The summed E-state index contributed by atoms with van der Waals surface area (Å²) in [6, 6.07) is 6.98. The second kappa shape index (κ2) is 14.5. The fraction of sp³-hybridized carbons (Fsp3) is 0.564. The average molecular weight is 720 g/mol. The van der Waals surface area contributed by atoms with E-state index in [2.05, 4.69) is 28.4 Å². The van der Waals surface area contributed by atoms with E-state index in [-0.39, 0.29) is 56.4 Å². The van der Waals surface area contributed by atoms with E-state index in [0.717, 1.165) is 35.6 Å². The third kappa shape index (κ3) is 8.21. The van der Waals surface area contributed by atoms with Crippen LogP contribution in [-0.4, -0.2) is 72.4 Å². The van der Waals surface area contributed by atoms with Gasteiger partial charge in [-0.15, -0.1) is 6.58 Å². The van der Waals surface area contributed by atoms with E-state index in [1.165, 1.54) is 4.90 Å². The molecule has 1 aromatic carbocycles. The Hall–Kier alpha value is -4.06. The smallest absolute Gasteiger partial charge is 0.306 e. The van der Waals surface area contributed by atoms with Gasteiger partial charge in [0.2, 0.25) is 27.7 Å². The molecule has 6 rings (SSSR count). The number of nitrogens with zero attached hydrogens (tertiary/aromatic N) is 2. The lowest BCUT2D eigenvalue weighted by Crippen LogP contribution is -2.48. The summed E-state index contributed by atoms with van der Waals surface area (Å²) >= 11 is 0.